The highest BCUT2D eigenvalue weighted by molar-refractivity contribution is 5.51. The average molecular weight is 146 g/mol. The number of carbonyl (C=O) groups is 1. The number of carbonyl (C=O) groups excluding carboxylic acids is 1. The van der Waals surface area contributed by atoms with Gasteiger partial charge in [-0.05, 0) is 5.92 Å². The third-order valence-electron chi connectivity index (χ3n) is 0.637. The molecule has 0 amide bonds. The van der Waals surface area contributed by atoms with Crippen LogP contribution in [0.4, 0.5) is 0 Å². The minimum Gasteiger partial charge on any atom is -0.396 e. The number of aliphatic hydroxyl groups excluding tert-OH is 1. The van der Waals surface area contributed by atoms with Crippen molar-refractivity contribution in [3.8, 4) is 0 Å². The van der Waals surface area contributed by atoms with Gasteiger partial charge >= 0.3 is 0 Å². The van der Waals surface area contributed by atoms with Crippen LogP contribution in [0.15, 0.2) is 0 Å². The first-order chi connectivity index (χ1) is 4.54. The van der Waals surface area contributed by atoms with Crippen molar-refractivity contribution in [2.75, 3.05) is 6.61 Å². The zero-order chi connectivity index (χ0) is 8.57. The molecular weight excluding hydrogens is 128 g/mol. The van der Waals surface area contributed by atoms with E-state index in [2.05, 4.69) is 0 Å². The summed E-state index contributed by atoms with van der Waals surface area (Å²) >= 11 is 0. The molecule has 0 aliphatic carbocycles. The highest BCUT2D eigenvalue weighted by Gasteiger charge is 1.81. The van der Waals surface area contributed by atoms with Crippen LogP contribution in [0, 0.1) is 11.8 Å². The van der Waals surface area contributed by atoms with E-state index in [-0.39, 0.29) is 5.92 Å². The molecule has 0 radical (unpaired) electrons. The van der Waals surface area contributed by atoms with Gasteiger partial charge in [-0.2, -0.15) is 0 Å². The zero-order valence-electron chi connectivity index (χ0n) is 7.29. The first kappa shape index (κ1) is 12.3. The number of aliphatic hydroxyl groups is 1. The van der Waals surface area contributed by atoms with Crippen molar-refractivity contribution < 1.29 is 9.90 Å². The van der Waals surface area contributed by atoms with Crippen LogP contribution in [-0.4, -0.2) is 18.0 Å². The molecular formula is C8H18O2. The van der Waals surface area contributed by atoms with Crippen molar-refractivity contribution in [2.45, 2.75) is 27.7 Å². The van der Waals surface area contributed by atoms with E-state index in [1.54, 1.807) is 0 Å². The predicted octanol–water partition coefficient (Wildman–Crippen LogP) is 1.48. The van der Waals surface area contributed by atoms with Gasteiger partial charge in [-0.25, -0.2) is 0 Å². The maximum absolute atomic E-state index is 9.50. The quantitative estimate of drug-likeness (QED) is 0.599. The summed E-state index contributed by atoms with van der Waals surface area (Å²) in [5, 5.41) is 8.14. The second kappa shape index (κ2) is 8.63. The van der Waals surface area contributed by atoms with E-state index in [0.29, 0.717) is 12.5 Å². The van der Waals surface area contributed by atoms with Crippen LogP contribution in [0.5, 0.6) is 0 Å². The minimum atomic E-state index is 0.204. The fourth-order valence-electron chi connectivity index (χ4n) is 0. The van der Waals surface area contributed by atoms with Crippen molar-refractivity contribution in [2.24, 2.45) is 11.8 Å². The molecule has 0 atom stereocenters. The lowest BCUT2D eigenvalue weighted by Crippen LogP contribution is -1.90. The van der Waals surface area contributed by atoms with Crippen LogP contribution < -0.4 is 0 Å². The highest BCUT2D eigenvalue weighted by atomic mass is 16.3. The van der Waals surface area contributed by atoms with E-state index in [1.165, 1.54) is 0 Å². The Morgan fingerprint density at radius 1 is 1.30 bits per heavy atom. The van der Waals surface area contributed by atoms with Crippen molar-refractivity contribution in [3.63, 3.8) is 0 Å². The van der Waals surface area contributed by atoms with E-state index in [0.717, 1.165) is 6.29 Å². The van der Waals surface area contributed by atoms with E-state index in [4.69, 9.17) is 5.11 Å². The predicted molar refractivity (Wildman–Crippen MR) is 42.8 cm³/mol. The van der Waals surface area contributed by atoms with E-state index in [9.17, 15) is 4.79 Å². The van der Waals surface area contributed by atoms with Gasteiger partial charge in [-0.15, -0.1) is 0 Å². The summed E-state index contributed by atoms with van der Waals surface area (Å²) < 4.78 is 0. The normalized spacial score (nSPS) is 9.10. The lowest BCUT2D eigenvalue weighted by molar-refractivity contribution is -0.110. The summed E-state index contributed by atoms with van der Waals surface area (Å²) in [6, 6.07) is 0. The fourth-order valence-corrected chi connectivity index (χ4v) is 0. The Morgan fingerprint density at radius 3 is 1.50 bits per heavy atom. The number of hydrogen-bond acceptors (Lipinski definition) is 2. The Hall–Kier alpha value is -0.370. The first-order valence-electron chi connectivity index (χ1n) is 3.60. The molecule has 0 aromatic carbocycles. The standard InChI is InChI=1S/C4H10O.C4H8O/c2*1-4(2)3-5/h4-5H,3H2,1-2H3;3-4H,1-2H3. The van der Waals surface area contributed by atoms with Crippen molar-refractivity contribution in [1.29, 1.82) is 0 Å². The van der Waals surface area contributed by atoms with Gasteiger partial charge in [0.15, 0.2) is 0 Å². The lowest BCUT2D eigenvalue weighted by Gasteiger charge is -1.90. The summed E-state index contributed by atoms with van der Waals surface area (Å²) in [5.74, 6) is 0.644. The molecule has 0 saturated carbocycles. The summed E-state index contributed by atoms with van der Waals surface area (Å²) in [5.41, 5.74) is 0. The van der Waals surface area contributed by atoms with E-state index < -0.39 is 0 Å². The molecule has 2 nitrogen and oxygen atoms in total. The molecule has 0 bridgehead atoms. The molecule has 0 fully saturated rings. The molecule has 0 aliphatic rings. The SMILES string of the molecule is CC(C)C=O.CC(C)CO. The molecule has 2 heteroatoms. The van der Waals surface area contributed by atoms with Crippen LogP contribution in [-0.2, 0) is 4.79 Å². The Balaban J connectivity index is 0. The van der Waals surface area contributed by atoms with Gasteiger partial charge in [0.2, 0.25) is 0 Å². The van der Waals surface area contributed by atoms with Crippen LogP contribution in [0.2, 0.25) is 0 Å². The van der Waals surface area contributed by atoms with Crippen molar-refractivity contribution in [3.05, 3.63) is 0 Å². The second-order valence-corrected chi connectivity index (χ2v) is 2.96. The van der Waals surface area contributed by atoms with E-state index >= 15 is 0 Å². The van der Waals surface area contributed by atoms with Gasteiger partial charge in [0.25, 0.3) is 0 Å². The fraction of sp³-hybridized carbons (Fsp3) is 0.875. The number of aldehydes is 1. The van der Waals surface area contributed by atoms with Crippen molar-refractivity contribution in [1.82, 2.24) is 0 Å². The average Bonchev–Trinajstić information content (AvgIpc) is 1.89. The zero-order valence-corrected chi connectivity index (χ0v) is 7.29. The van der Waals surface area contributed by atoms with Crippen LogP contribution in [0.1, 0.15) is 27.7 Å². The molecule has 0 heterocycles. The number of hydrogen-bond donors (Lipinski definition) is 1. The second-order valence-electron chi connectivity index (χ2n) is 2.96. The molecule has 62 valence electrons. The molecule has 0 saturated heterocycles. The Labute approximate surface area is 63.3 Å². The smallest absolute Gasteiger partial charge is 0.122 e. The Bertz CT molecular complexity index is 67.7. The molecule has 0 aromatic heterocycles. The molecule has 0 rings (SSSR count). The van der Waals surface area contributed by atoms with Crippen LogP contribution in [0.3, 0.4) is 0 Å². The van der Waals surface area contributed by atoms with Crippen LogP contribution >= 0.6 is 0 Å². The van der Waals surface area contributed by atoms with Gasteiger partial charge in [0.1, 0.15) is 6.29 Å². The maximum Gasteiger partial charge on any atom is 0.122 e. The Kier molecular flexibility index (Phi) is 10.6. The summed E-state index contributed by atoms with van der Waals surface area (Å²) in [6.45, 7) is 7.96. The number of rotatable bonds is 2. The molecule has 0 aromatic rings. The van der Waals surface area contributed by atoms with E-state index in [1.807, 2.05) is 27.7 Å². The summed E-state index contributed by atoms with van der Waals surface area (Å²) in [7, 11) is 0. The topological polar surface area (TPSA) is 37.3 Å². The van der Waals surface area contributed by atoms with Gasteiger partial charge < -0.3 is 9.90 Å². The molecule has 10 heavy (non-hydrogen) atoms. The van der Waals surface area contributed by atoms with Gasteiger partial charge in [0, 0.05) is 12.5 Å². The Morgan fingerprint density at radius 2 is 1.50 bits per heavy atom. The van der Waals surface area contributed by atoms with Gasteiger partial charge in [-0.3, -0.25) is 0 Å². The molecule has 0 aliphatic heterocycles. The van der Waals surface area contributed by atoms with Gasteiger partial charge in [-0.1, -0.05) is 27.7 Å². The van der Waals surface area contributed by atoms with Crippen LogP contribution in [0.25, 0.3) is 0 Å². The monoisotopic (exact) mass is 146 g/mol. The third kappa shape index (κ3) is 25.5. The molecule has 0 spiro atoms. The highest BCUT2D eigenvalue weighted by Crippen LogP contribution is 1.83. The molecule has 1 N–H and O–H groups in total. The third-order valence-corrected chi connectivity index (χ3v) is 0.637. The molecule has 0 unspecified atom stereocenters. The first-order valence-corrected chi connectivity index (χ1v) is 3.60. The van der Waals surface area contributed by atoms with Crippen molar-refractivity contribution >= 4 is 6.29 Å². The summed E-state index contributed by atoms with van der Waals surface area (Å²) in [6.07, 6.45) is 0.917. The summed E-state index contributed by atoms with van der Waals surface area (Å²) in [4.78, 5) is 9.50. The van der Waals surface area contributed by atoms with Gasteiger partial charge in [0.05, 0.1) is 0 Å². The largest absolute Gasteiger partial charge is 0.396 e. The maximum atomic E-state index is 9.50. The minimum absolute atomic E-state index is 0.204. The lowest BCUT2D eigenvalue weighted by atomic mass is 10.2.